The van der Waals surface area contributed by atoms with Gasteiger partial charge >= 0.3 is 0 Å². The van der Waals surface area contributed by atoms with E-state index in [0.717, 1.165) is 11.8 Å². The monoisotopic (exact) mass is 226 g/mol. The zero-order chi connectivity index (χ0) is 12.2. The fourth-order valence-electron chi connectivity index (χ4n) is 3.32. The van der Waals surface area contributed by atoms with E-state index in [-0.39, 0.29) is 0 Å². The van der Waals surface area contributed by atoms with Gasteiger partial charge in [0.25, 0.3) is 0 Å². The molecule has 1 aliphatic rings. The van der Waals surface area contributed by atoms with Gasteiger partial charge in [0.1, 0.15) is 0 Å². The Balaban J connectivity index is 2.37. The maximum atomic E-state index is 5.71. The molecule has 1 saturated carbocycles. The molecule has 0 aromatic carbocycles. The zero-order valence-corrected chi connectivity index (χ0v) is 11.6. The number of rotatable bonds is 5. The van der Waals surface area contributed by atoms with Gasteiger partial charge in [-0.2, -0.15) is 0 Å². The lowest BCUT2D eigenvalue weighted by Gasteiger charge is -2.29. The molecule has 16 heavy (non-hydrogen) atoms. The van der Waals surface area contributed by atoms with Crippen molar-refractivity contribution < 1.29 is 0 Å². The van der Waals surface area contributed by atoms with Gasteiger partial charge in [-0.1, -0.05) is 40.5 Å². The Labute approximate surface area is 101 Å². The second-order valence-corrected chi connectivity index (χ2v) is 6.92. The molecule has 0 aromatic rings. The number of nitrogens with two attached hydrogens (primary N) is 1. The molecule has 2 heteroatoms. The van der Waals surface area contributed by atoms with E-state index in [9.17, 15) is 0 Å². The third kappa shape index (κ3) is 4.84. The molecule has 0 heterocycles. The molecule has 1 rings (SSSR count). The van der Waals surface area contributed by atoms with Crippen LogP contribution in [0.15, 0.2) is 0 Å². The fourth-order valence-corrected chi connectivity index (χ4v) is 3.32. The van der Waals surface area contributed by atoms with Gasteiger partial charge in [-0.15, -0.1) is 0 Å². The maximum absolute atomic E-state index is 5.71. The number of hydrogen-bond acceptors (Lipinski definition) is 2. The van der Waals surface area contributed by atoms with E-state index >= 15 is 0 Å². The van der Waals surface area contributed by atoms with Crippen LogP contribution in [-0.4, -0.2) is 6.04 Å². The van der Waals surface area contributed by atoms with Gasteiger partial charge in [-0.05, 0) is 42.9 Å². The van der Waals surface area contributed by atoms with E-state index in [2.05, 4.69) is 33.1 Å². The highest BCUT2D eigenvalue weighted by molar-refractivity contribution is 4.81. The molecule has 0 aromatic heterocycles. The van der Waals surface area contributed by atoms with E-state index in [1.165, 1.54) is 38.5 Å². The standard InChI is InChI=1S/C14H30N2/c1-11(10-14(2,3)4)9-13(16-15)12-7-5-6-8-12/h11-13,16H,5-10,15H2,1-4H3. The van der Waals surface area contributed by atoms with E-state index in [0.29, 0.717) is 11.5 Å². The summed E-state index contributed by atoms with van der Waals surface area (Å²) >= 11 is 0. The van der Waals surface area contributed by atoms with Crippen LogP contribution in [0.2, 0.25) is 0 Å². The van der Waals surface area contributed by atoms with Gasteiger partial charge in [-0.25, -0.2) is 0 Å². The van der Waals surface area contributed by atoms with Crippen LogP contribution in [0.1, 0.15) is 66.2 Å². The van der Waals surface area contributed by atoms with Crippen LogP contribution in [0.4, 0.5) is 0 Å². The van der Waals surface area contributed by atoms with E-state index in [4.69, 9.17) is 5.84 Å². The van der Waals surface area contributed by atoms with Gasteiger partial charge in [-0.3, -0.25) is 11.3 Å². The Bertz CT molecular complexity index is 189. The van der Waals surface area contributed by atoms with Crippen LogP contribution in [0.5, 0.6) is 0 Å². The summed E-state index contributed by atoms with van der Waals surface area (Å²) in [6.45, 7) is 9.34. The summed E-state index contributed by atoms with van der Waals surface area (Å²) < 4.78 is 0. The molecular weight excluding hydrogens is 196 g/mol. The Morgan fingerprint density at radius 3 is 2.25 bits per heavy atom. The van der Waals surface area contributed by atoms with E-state index < -0.39 is 0 Å². The lowest BCUT2D eigenvalue weighted by atomic mass is 9.81. The van der Waals surface area contributed by atoms with Crippen LogP contribution < -0.4 is 11.3 Å². The zero-order valence-electron chi connectivity index (χ0n) is 11.6. The highest BCUT2D eigenvalue weighted by atomic mass is 15.2. The molecule has 0 amide bonds. The second kappa shape index (κ2) is 6.02. The van der Waals surface area contributed by atoms with Crippen molar-refractivity contribution in [2.75, 3.05) is 0 Å². The Hall–Kier alpha value is -0.0800. The summed E-state index contributed by atoms with van der Waals surface area (Å²) in [6, 6.07) is 0.542. The summed E-state index contributed by atoms with van der Waals surface area (Å²) in [6.07, 6.45) is 8.07. The molecule has 0 bridgehead atoms. The molecule has 0 aliphatic heterocycles. The molecule has 0 saturated heterocycles. The minimum Gasteiger partial charge on any atom is -0.271 e. The fraction of sp³-hybridized carbons (Fsp3) is 1.00. The van der Waals surface area contributed by atoms with Crippen LogP contribution in [-0.2, 0) is 0 Å². The summed E-state index contributed by atoms with van der Waals surface area (Å²) in [7, 11) is 0. The predicted molar refractivity (Wildman–Crippen MR) is 70.9 cm³/mol. The third-order valence-corrected chi connectivity index (χ3v) is 3.80. The molecule has 0 spiro atoms. The van der Waals surface area contributed by atoms with Crippen molar-refractivity contribution in [3.63, 3.8) is 0 Å². The third-order valence-electron chi connectivity index (χ3n) is 3.80. The van der Waals surface area contributed by atoms with Crippen LogP contribution in [0.3, 0.4) is 0 Å². The van der Waals surface area contributed by atoms with Crippen LogP contribution in [0, 0.1) is 17.3 Å². The minimum absolute atomic E-state index is 0.439. The van der Waals surface area contributed by atoms with Crippen molar-refractivity contribution >= 4 is 0 Å². The van der Waals surface area contributed by atoms with Crippen molar-refractivity contribution in [2.45, 2.75) is 72.3 Å². The molecule has 3 N–H and O–H groups in total. The first-order valence-corrected chi connectivity index (χ1v) is 6.88. The lowest BCUT2D eigenvalue weighted by Crippen LogP contribution is -2.41. The van der Waals surface area contributed by atoms with Crippen LogP contribution >= 0.6 is 0 Å². The van der Waals surface area contributed by atoms with Gasteiger partial charge < -0.3 is 0 Å². The van der Waals surface area contributed by atoms with Gasteiger partial charge in [0.2, 0.25) is 0 Å². The van der Waals surface area contributed by atoms with Gasteiger partial charge in [0.05, 0.1) is 0 Å². The van der Waals surface area contributed by atoms with Crippen molar-refractivity contribution in [3.05, 3.63) is 0 Å². The van der Waals surface area contributed by atoms with Gasteiger partial charge in [0.15, 0.2) is 0 Å². The number of nitrogens with one attached hydrogen (secondary N) is 1. The molecular formula is C14H30N2. The lowest BCUT2D eigenvalue weighted by molar-refractivity contribution is 0.244. The van der Waals surface area contributed by atoms with Crippen molar-refractivity contribution in [1.82, 2.24) is 5.43 Å². The first-order chi connectivity index (χ1) is 7.42. The van der Waals surface area contributed by atoms with Crippen molar-refractivity contribution in [1.29, 1.82) is 0 Å². The molecule has 2 unspecified atom stereocenters. The molecule has 0 radical (unpaired) electrons. The van der Waals surface area contributed by atoms with E-state index in [1.54, 1.807) is 0 Å². The maximum Gasteiger partial charge on any atom is 0.0241 e. The summed E-state index contributed by atoms with van der Waals surface area (Å²) in [5.41, 5.74) is 3.50. The summed E-state index contributed by atoms with van der Waals surface area (Å²) in [4.78, 5) is 0. The Kier molecular flexibility index (Phi) is 5.26. The average molecular weight is 226 g/mol. The quantitative estimate of drug-likeness (QED) is 0.556. The summed E-state index contributed by atoms with van der Waals surface area (Å²) in [5, 5.41) is 0. The normalized spacial score (nSPS) is 22.3. The first kappa shape index (κ1) is 14.0. The summed E-state index contributed by atoms with van der Waals surface area (Å²) in [5.74, 6) is 7.31. The SMILES string of the molecule is CC(CC(NN)C1CCCC1)CC(C)(C)C. The van der Waals surface area contributed by atoms with Crippen molar-refractivity contribution in [2.24, 2.45) is 23.1 Å². The highest BCUT2D eigenvalue weighted by Gasteiger charge is 2.26. The van der Waals surface area contributed by atoms with Crippen LogP contribution in [0.25, 0.3) is 0 Å². The highest BCUT2D eigenvalue weighted by Crippen LogP contribution is 2.33. The molecule has 1 fully saturated rings. The number of hydrogen-bond donors (Lipinski definition) is 2. The smallest absolute Gasteiger partial charge is 0.0241 e. The Morgan fingerprint density at radius 2 is 1.81 bits per heavy atom. The average Bonchev–Trinajstić information content (AvgIpc) is 2.63. The topological polar surface area (TPSA) is 38.0 Å². The van der Waals surface area contributed by atoms with Gasteiger partial charge in [0, 0.05) is 6.04 Å². The minimum atomic E-state index is 0.439. The largest absolute Gasteiger partial charge is 0.271 e. The molecule has 1 aliphatic carbocycles. The van der Waals surface area contributed by atoms with Crippen molar-refractivity contribution in [3.8, 4) is 0 Å². The molecule has 96 valence electrons. The molecule has 2 nitrogen and oxygen atoms in total. The second-order valence-electron chi connectivity index (χ2n) is 6.92. The number of hydrazine groups is 1. The van der Waals surface area contributed by atoms with E-state index in [1.807, 2.05) is 0 Å². The predicted octanol–water partition coefficient (Wildman–Crippen LogP) is 3.47. The molecule has 2 atom stereocenters. The first-order valence-electron chi connectivity index (χ1n) is 6.88. The Morgan fingerprint density at radius 1 is 1.25 bits per heavy atom.